The van der Waals surface area contributed by atoms with Crippen LogP contribution in [0.3, 0.4) is 0 Å². The summed E-state index contributed by atoms with van der Waals surface area (Å²) in [4.78, 5) is 32.0. The van der Waals surface area contributed by atoms with Gasteiger partial charge in [0.05, 0.1) is 33.7 Å². The third-order valence-electron chi connectivity index (χ3n) is 9.00. The van der Waals surface area contributed by atoms with Gasteiger partial charge in [-0.25, -0.2) is 8.78 Å². The third kappa shape index (κ3) is 8.74. The average molecular weight is 744 g/mol. The lowest BCUT2D eigenvalue weighted by Gasteiger charge is -2.39. The van der Waals surface area contributed by atoms with Gasteiger partial charge in [0.2, 0.25) is 5.91 Å². The number of hydrogen-bond donors (Lipinski definition) is 0. The van der Waals surface area contributed by atoms with Gasteiger partial charge in [-0.1, -0.05) is 60.6 Å². The molecule has 0 aliphatic carbocycles. The summed E-state index contributed by atoms with van der Waals surface area (Å²) in [6.07, 6.45) is -3.64. The molecule has 0 bridgehead atoms. The van der Waals surface area contributed by atoms with Crippen molar-refractivity contribution in [3.8, 4) is 11.1 Å². The van der Waals surface area contributed by atoms with E-state index in [0.29, 0.717) is 49.2 Å². The van der Waals surface area contributed by atoms with Crippen LogP contribution in [0.4, 0.5) is 22.0 Å². The Bertz CT molecular complexity index is 2440. The molecule has 0 spiro atoms. The molecule has 0 atom stereocenters. The number of thioether (sulfide) groups is 1. The number of benzene rings is 4. The average Bonchev–Trinajstić information content (AvgIpc) is 3.20. The van der Waals surface area contributed by atoms with Crippen LogP contribution in [0.5, 0.6) is 0 Å². The Balaban J connectivity index is 1.37. The molecule has 5 aromatic rings. The van der Waals surface area contributed by atoms with E-state index >= 15 is 0 Å². The largest absolute Gasteiger partial charge is 0.416 e. The number of amides is 1. The van der Waals surface area contributed by atoms with Crippen molar-refractivity contribution in [3.05, 3.63) is 135 Å². The molecular weight excluding hydrogens is 698 g/mol. The van der Waals surface area contributed by atoms with E-state index in [1.165, 1.54) is 24.3 Å². The fourth-order valence-electron chi connectivity index (χ4n) is 6.20. The van der Waals surface area contributed by atoms with Gasteiger partial charge in [-0.15, -0.1) is 11.8 Å². The fraction of sp³-hybridized carbons (Fsp3) is 0.300. The van der Waals surface area contributed by atoms with Crippen LogP contribution in [0.1, 0.15) is 40.5 Å². The number of carbonyl (C=O) groups excluding carboxylic acids is 1. The number of alkyl halides is 3. The van der Waals surface area contributed by atoms with Crippen LogP contribution < -0.4 is 5.43 Å². The van der Waals surface area contributed by atoms with Gasteiger partial charge in [0.25, 0.3) is 0 Å². The molecule has 0 saturated carbocycles. The summed E-state index contributed by atoms with van der Waals surface area (Å²) in [6, 6.07) is 11.1. The Morgan fingerprint density at radius 1 is 1.00 bits per heavy atom. The van der Waals surface area contributed by atoms with Crippen LogP contribution in [0.2, 0.25) is 0 Å². The first kappa shape index (κ1) is 28.0. The van der Waals surface area contributed by atoms with Crippen molar-refractivity contribution < 1.29 is 42.4 Å². The predicted octanol–water partition coefficient (Wildman–Crippen LogP) is 8.40. The summed E-state index contributed by atoms with van der Waals surface area (Å²) in [5.74, 6) is -3.16. The zero-order chi connectivity index (χ0) is 43.7. The minimum atomic E-state index is -4.50. The van der Waals surface area contributed by atoms with Crippen LogP contribution >= 0.6 is 11.8 Å². The van der Waals surface area contributed by atoms with Gasteiger partial charge in [-0.05, 0) is 59.8 Å². The van der Waals surface area contributed by atoms with Gasteiger partial charge in [0.1, 0.15) is 6.54 Å². The summed E-state index contributed by atoms with van der Waals surface area (Å²) in [7, 11) is -2.56. The Morgan fingerprint density at radius 3 is 2.38 bits per heavy atom. The predicted molar refractivity (Wildman–Crippen MR) is 193 cm³/mol. The zero-order valence-electron chi connectivity index (χ0n) is 35.7. The van der Waals surface area contributed by atoms with E-state index in [1.807, 2.05) is 4.90 Å². The van der Waals surface area contributed by atoms with Gasteiger partial charge in [0, 0.05) is 62.0 Å². The topological polar surface area (TPSA) is 54.8 Å². The monoisotopic (exact) mass is 743 g/mol. The highest BCUT2D eigenvalue weighted by molar-refractivity contribution is 7.98. The molecule has 12 heteroatoms. The lowest BCUT2D eigenvalue weighted by molar-refractivity contribution is -0.137. The van der Waals surface area contributed by atoms with Crippen LogP contribution in [-0.4, -0.2) is 59.6 Å². The second-order valence-electron chi connectivity index (χ2n) is 12.3. The van der Waals surface area contributed by atoms with Crippen LogP contribution in [0.15, 0.2) is 107 Å². The number of fused-ring (bicyclic) bond motifs is 1. The number of ether oxygens (including phenoxy) is 1. The number of methoxy groups -OCH3 is 1. The molecule has 1 amide bonds. The molecule has 1 aliphatic rings. The van der Waals surface area contributed by atoms with E-state index in [1.54, 1.807) is 29.2 Å². The third-order valence-corrected chi connectivity index (χ3v) is 10.1. The van der Waals surface area contributed by atoms with E-state index in [2.05, 4.69) is 0 Å². The first-order valence-electron chi connectivity index (χ1n) is 20.4. The van der Waals surface area contributed by atoms with Crippen molar-refractivity contribution in [2.75, 3.05) is 33.3 Å². The number of likely N-dealkylation sites (tertiary alicyclic amines) is 1. The molecule has 272 valence electrons. The molecule has 4 aromatic carbocycles. The summed E-state index contributed by atoms with van der Waals surface area (Å²) < 4.78 is 139. The summed E-state index contributed by atoms with van der Waals surface area (Å²) in [5, 5.41) is -0.725. The molecule has 1 saturated heterocycles. The highest BCUT2D eigenvalue weighted by atomic mass is 32.2. The van der Waals surface area contributed by atoms with Crippen molar-refractivity contribution in [3.63, 3.8) is 0 Å². The Hall–Kier alpha value is -4.52. The van der Waals surface area contributed by atoms with Crippen molar-refractivity contribution in [1.29, 1.82) is 0 Å². The van der Waals surface area contributed by atoms with Gasteiger partial charge in [-0.2, -0.15) is 13.2 Å². The van der Waals surface area contributed by atoms with Crippen LogP contribution in [0, 0.1) is 11.6 Å². The molecule has 0 radical (unpaired) electrons. The Labute approximate surface area is 314 Å². The number of pyridine rings is 1. The normalized spacial score (nSPS) is 16.6. The summed E-state index contributed by atoms with van der Waals surface area (Å²) in [5.41, 5.74) is -0.509. The molecule has 1 aromatic heterocycles. The van der Waals surface area contributed by atoms with Crippen molar-refractivity contribution in [2.24, 2.45) is 0 Å². The zero-order valence-corrected chi connectivity index (χ0v) is 28.5. The highest BCUT2D eigenvalue weighted by Gasteiger charge is 2.31. The second-order valence-corrected chi connectivity index (χ2v) is 13.2. The molecule has 0 N–H and O–H groups in total. The van der Waals surface area contributed by atoms with Gasteiger partial charge in [0.15, 0.2) is 17.1 Å². The molecule has 52 heavy (non-hydrogen) atoms. The van der Waals surface area contributed by atoms with E-state index < -0.39 is 89.9 Å². The standard InChI is InChI=1S/C40H38F5N3O3S/c1-51-22-21-46-19-17-32(18-20-46)47(24-27-9-11-28(12-10-27)29-13-15-31(16-14-29)40(43,44)45)37(50)25-48-35-8-3-2-6-33(35)36(49)23-38(48)52-26-30-5-4-7-34(41)39(30)42/h2-16,23,32H,17-22,24-26H2,1H3/i1D3,2D,3D,6D,8D,23D. The van der Waals surface area contributed by atoms with E-state index in [4.69, 9.17) is 15.7 Å². The number of rotatable bonds is 12. The summed E-state index contributed by atoms with van der Waals surface area (Å²) in [6.45, 7) is 0.570. The maximum Gasteiger partial charge on any atom is 0.416 e. The highest BCUT2D eigenvalue weighted by Crippen LogP contribution is 2.32. The maximum atomic E-state index is 14.8. The number of hydrogen-bond acceptors (Lipinski definition) is 5. The van der Waals surface area contributed by atoms with E-state index in [-0.39, 0.29) is 35.0 Å². The van der Waals surface area contributed by atoms with Crippen molar-refractivity contribution in [1.82, 2.24) is 14.4 Å². The molecule has 1 fully saturated rings. The minimum absolute atomic E-state index is 0.0137. The molecular formula is C40H38F5N3O3S. The number of aromatic nitrogens is 1. The van der Waals surface area contributed by atoms with Crippen molar-refractivity contribution >= 4 is 28.6 Å². The molecule has 2 heterocycles. The first-order valence-corrected chi connectivity index (χ1v) is 17.3. The van der Waals surface area contributed by atoms with Gasteiger partial charge >= 0.3 is 6.18 Å². The summed E-state index contributed by atoms with van der Waals surface area (Å²) >= 11 is 0.732. The fourth-order valence-corrected chi connectivity index (χ4v) is 7.19. The Morgan fingerprint density at radius 2 is 1.69 bits per heavy atom. The second kappa shape index (κ2) is 16.4. The minimum Gasteiger partial charge on any atom is -0.383 e. The number of para-hydroxylation sites is 1. The van der Waals surface area contributed by atoms with Gasteiger partial charge in [-0.3, -0.25) is 9.59 Å². The maximum absolute atomic E-state index is 14.8. The van der Waals surface area contributed by atoms with Gasteiger partial charge < -0.3 is 19.1 Å². The molecule has 6 rings (SSSR count). The van der Waals surface area contributed by atoms with E-state index in [9.17, 15) is 31.5 Å². The molecule has 1 aliphatic heterocycles. The van der Waals surface area contributed by atoms with Crippen molar-refractivity contribution in [2.45, 2.75) is 48.9 Å². The lowest BCUT2D eigenvalue weighted by atomic mass is 10.00. The van der Waals surface area contributed by atoms with Crippen LogP contribution in [0.25, 0.3) is 22.0 Å². The number of nitrogens with zero attached hydrogens (tertiary/aromatic N) is 3. The molecule has 6 nitrogen and oxygen atoms in total. The number of piperidine rings is 1. The molecule has 0 unspecified atom stereocenters. The van der Waals surface area contributed by atoms with E-state index in [0.717, 1.165) is 34.5 Å². The van der Waals surface area contributed by atoms with Crippen LogP contribution in [-0.2, 0) is 34.6 Å². The number of halogens is 5. The Kier molecular flexibility index (Phi) is 8.86. The SMILES string of the molecule is [2H]c1c([2H])c([2H])c2c(c1[2H])c(=O)c([2H])c(SCc1cccc(F)c1F)n2CC(=O)N(Cc1ccc(-c2ccc(C(F)(F)F)cc2)cc1)C1CCN(CCOC([2H])([2H])[2H])CC1. The number of carbonyl (C=O) groups is 1. The first-order chi connectivity index (χ1) is 28.2. The quantitative estimate of drug-likeness (QED) is 0.0950. The lowest BCUT2D eigenvalue weighted by Crippen LogP contribution is -2.48. The smallest absolute Gasteiger partial charge is 0.383 e.